The quantitative estimate of drug-likeness (QED) is 0.722. The second-order valence-corrected chi connectivity index (χ2v) is 4.41. The Bertz CT molecular complexity index is 422. The molecule has 2 rings (SSSR count). The zero-order valence-electron chi connectivity index (χ0n) is 9.73. The van der Waals surface area contributed by atoms with Crippen molar-refractivity contribution in [3.8, 4) is 11.8 Å². The number of likely N-dealkylation sites (N-methyl/N-ethyl adjacent to an activating group) is 1. The Morgan fingerprint density at radius 2 is 2.38 bits per heavy atom. The van der Waals surface area contributed by atoms with Crippen molar-refractivity contribution >= 4 is 0 Å². The third-order valence-electron chi connectivity index (χ3n) is 2.81. The molecule has 1 atom stereocenters. The number of aryl methyl sites for hydroxylation is 1. The molecule has 0 aromatic heterocycles. The van der Waals surface area contributed by atoms with Crippen LogP contribution in [0, 0.1) is 18.3 Å². The van der Waals surface area contributed by atoms with Gasteiger partial charge in [-0.25, -0.2) is 0 Å². The van der Waals surface area contributed by atoms with Crippen LogP contribution in [-0.2, 0) is 6.42 Å². The summed E-state index contributed by atoms with van der Waals surface area (Å²) in [6, 6.07) is 8.43. The van der Waals surface area contributed by atoms with Gasteiger partial charge in [0, 0.05) is 13.0 Å². The largest absolute Gasteiger partial charge is 0.488 e. The normalized spacial score (nSPS) is 18.0. The Balaban J connectivity index is 1.98. The van der Waals surface area contributed by atoms with Crippen molar-refractivity contribution in [2.45, 2.75) is 19.4 Å². The average Bonchev–Trinajstić information content (AvgIpc) is 2.59. The summed E-state index contributed by atoms with van der Waals surface area (Å²) in [4.78, 5) is 1.99. The summed E-state index contributed by atoms with van der Waals surface area (Å²) in [6.45, 7) is 3.35. The van der Waals surface area contributed by atoms with E-state index in [-0.39, 0.29) is 6.10 Å². The van der Waals surface area contributed by atoms with Crippen molar-refractivity contribution in [2.75, 3.05) is 20.1 Å². The summed E-state index contributed by atoms with van der Waals surface area (Å²) in [6.07, 6.45) is 1.14. The predicted molar refractivity (Wildman–Crippen MR) is 62.4 cm³/mol. The maximum Gasteiger partial charge on any atom is 0.123 e. The molecule has 0 fully saturated rings. The number of nitrogens with zero attached hydrogens (tertiary/aromatic N) is 2. The molecular weight excluding hydrogens is 200 g/mol. The fourth-order valence-electron chi connectivity index (χ4n) is 2.08. The standard InChI is InChI=1S/C13H16N2O/c1-10-3-4-13-11(7-10)8-12(16-13)9-15(2)6-5-14/h3-4,7,12H,6,8-9H2,1-2H3. The minimum atomic E-state index is 0.190. The summed E-state index contributed by atoms with van der Waals surface area (Å²) < 4.78 is 5.83. The number of ether oxygens (including phenoxy) is 1. The highest BCUT2D eigenvalue weighted by Crippen LogP contribution is 2.29. The molecular formula is C13H16N2O. The molecule has 16 heavy (non-hydrogen) atoms. The summed E-state index contributed by atoms with van der Waals surface area (Å²) in [5.74, 6) is 1.00. The molecule has 1 heterocycles. The van der Waals surface area contributed by atoms with Crippen LogP contribution in [0.4, 0.5) is 0 Å². The van der Waals surface area contributed by atoms with Gasteiger partial charge in [-0.15, -0.1) is 0 Å². The molecule has 3 nitrogen and oxygen atoms in total. The SMILES string of the molecule is Cc1ccc2c(c1)CC(CN(C)CC#N)O2. The van der Waals surface area contributed by atoms with E-state index in [1.54, 1.807) is 0 Å². The lowest BCUT2D eigenvalue weighted by Crippen LogP contribution is -2.32. The van der Waals surface area contributed by atoms with Crippen molar-refractivity contribution in [2.24, 2.45) is 0 Å². The molecule has 1 aromatic rings. The molecule has 0 amide bonds. The van der Waals surface area contributed by atoms with Crippen LogP contribution in [0.15, 0.2) is 18.2 Å². The van der Waals surface area contributed by atoms with Crippen LogP contribution in [0.2, 0.25) is 0 Å². The van der Waals surface area contributed by atoms with Gasteiger partial charge in [0.25, 0.3) is 0 Å². The summed E-state index contributed by atoms with van der Waals surface area (Å²) >= 11 is 0. The van der Waals surface area contributed by atoms with Crippen molar-refractivity contribution < 1.29 is 4.74 Å². The lowest BCUT2D eigenvalue weighted by atomic mass is 10.1. The van der Waals surface area contributed by atoms with Gasteiger partial charge in [-0.2, -0.15) is 5.26 Å². The molecule has 1 unspecified atom stereocenters. The molecule has 0 aliphatic carbocycles. The molecule has 0 bridgehead atoms. The monoisotopic (exact) mass is 216 g/mol. The first kappa shape index (κ1) is 11.0. The Morgan fingerprint density at radius 1 is 1.56 bits per heavy atom. The Labute approximate surface area is 96.2 Å². The van der Waals surface area contributed by atoms with Crippen molar-refractivity contribution in [3.63, 3.8) is 0 Å². The third kappa shape index (κ3) is 2.34. The molecule has 1 aliphatic rings. The topological polar surface area (TPSA) is 36.3 Å². The smallest absolute Gasteiger partial charge is 0.123 e. The van der Waals surface area contributed by atoms with Crippen LogP contribution >= 0.6 is 0 Å². The van der Waals surface area contributed by atoms with Gasteiger partial charge in [0.05, 0.1) is 12.6 Å². The summed E-state index contributed by atoms with van der Waals surface area (Å²) in [5, 5.41) is 8.59. The molecule has 0 spiro atoms. The van der Waals surface area contributed by atoms with E-state index in [4.69, 9.17) is 10.00 Å². The van der Waals surface area contributed by atoms with Crippen LogP contribution in [-0.4, -0.2) is 31.1 Å². The molecule has 84 valence electrons. The van der Waals surface area contributed by atoms with E-state index in [0.29, 0.717) is 6.54 Å². The van der Waals surface area contributed by atoms with E-state index in [1.807, 2.05) is 18.0 Å². The first-order valence-electron chi connectivity index (χ1n) is 5.50. The Hall–Kier alpha value is -1.53. The van der Waals surface area contributed by atoms with Gasteiger partial charge in [0.15, 0.2) is 0 Å². The molecule has 0 radical (unpaired) electrons. The summed E-state index contributed by atoms with van der Waals surface area (Å²) in [7, 11) is 1.95. The highest BCUT2D eigenvalue weighted by atomic mass is 16.5. The Morgan fingerprint density at radius 3 is 3.12 bits per heavy atom. The highest BCUT2D eigenvalue weighted by molar-refractivity contribution is 5.40. The van der Waals surface area contributed by atoms with Crippen molar-refractivity contribution in [3.05, 3.63) is 29.3 Å². The minimum absolute atomic E-state index is 0.190. The zero-order chi connectivity index (χ0) is 11.5. The van der Waals surface area contributed by atoms with Gasteiger partial charge in [-0.3, -0.25) is 4.90 Å². The molecule has 0 saturated heterocycles. The first-order chi connectivity index (χ1) is 7.69. The molecule has 1 aliphatic heterocycles. The molecule has 1 aromatic carbocycles. The number of hydrogen-bond acceptors (Lipinski definition) is 3. The summed E-state index contributed by atoms with van der Waals surface area (Å²) in [5.41, 5.74) is 2.56. The molecule has 0 saturated carbocycles. The second kappa shape index (κ2) is 4.54. The van der Waals surface area contributed by atoms with Gasteiger partial charge in [0.1, 0.15) is 11.9 Å². The number of nitriles is 1. The third-order valence-corrected chi connectivity index (χ3v) is 2.81. The second-order valence-electron chi connectivity index (χ2n) is 4.41. The van der Waals surface area contributed by atoms with E-state index < -0.39 is 0 Å². The van der Waals surface area contributed by atoms with Gasteiger partial charge in [-0.05, 0) is 25.6 Å². The van der Waals surface area contributed by atoms with Gasteiger partial charge in [-0.1, -0.05) is 17.7 Å². The van der Waals surface area contributed by atoms with Crippen molar-refractivity contribution in [1.82, 2.24) is 4.90 Å². The van der Waals surface area contributed by atoms with Crippen LogP contribution in [0.1, 0.15) is 11.1 Å². The number of rotatable bonds is 3. The zero-order valence-corrected chi connectivity index (χ0v) is 9.73. The van der Waals surface area contributed by atoms with E-state index in [2.05, 4.69) is 25.1 Å². The predicted octanol–water partition coefficient (Wildman–Crippen LogP) is 1.75. The maximum atomic E-state index is 8.59. The van der Waals surface area contributed by atoms with Crippen LogP contribution in [0.5, 0.6) is 5.75 Å². The van der Waals surface area contributed by atoms with Gasteiger partial charge in [0.2, 0.25) is 0 Å². The van der Waals surface area contributed by atoms with Crippen molar-refractivity contribution in [1.29, 1.82) is 5.26 Å². The molecule has 3 heteroatoms. The number of benzene rings is 1. The van der Waals surface area contributed by atoms with Gasteiger partial charge >= 0.3 is 0 Å². The lowest BCUT2D eigenvalue weighted by molar-refractivity contribution is 0.177. The van der Waals surface area contributed by atoms with Crippen LogP contribution in [0.3, 0.4) is 0 Å². The van der Waals surface area contributed by atoms with E-state index in [9.17, 15) is 0 Å². The van der Waals surface area contributed by atoms with E-state index >= 15 is 0 Å². The molecule has 0 N–H and O–H groups in total. The first-order valence-corrected chi connectivity index (χ1v) is 5.50. The number of hydrogen-bond donors (Lipinski definition) is 0. The van der Waals surface area contributed by atoms with E-state index in [0.717, 1.165) is 18.7 Å². The van der Waals surface area contributed by atoms with Crippen LogP contribution in [0.25, 0.3) is 0 Å². The number of fused-ring (bicyclic) bond motifs is 1. The maximum absolute atomic E-state index is 8.59. The fourth-order valence-corrected chi connectivity index (χ4v) is 2.08. The fraction of sp³-hybridized carbons (Fsp3) is 0.462. The lowest BCUT2D eigenvalue weighted by Gasteiger charge is -2.17. The highest BCUT2D eigenvalue weighted by Gasteiger charge is 2.23. The average molecular weight is 216 g/mol. The van der Waals surface area contributed by atoms with Crippen LogP contribution < -0.4 is 4.74 Å². The van der Waals surface area contributed by atoms with E-state index in [1.165, 1.54) is 11.1 Å². The van der Waals surface area contributed by atoms with Gasteiger partial charge < -0.3 is 4.74 Å². The minimum Gasteiger partial charge on any atom is -0.488 e. The Kier molecular flexibility index (Phi) is 3.12.